The molecule has 2 aliphatic rings. The Bertz CT molecular complexity index is 913. The third-order valence-corrected chi connectivity index (χ3v) is 6.28. The Morgan fingerprint density at radius 3 is 2.42 bits per heavy atom. The summed E-state index contributed by atoms with van der Waals surface area (Å²) >= 11 is 12.2. The van der Waals surface area contributed by atoms with Gasteiger partial charge < -0.3 is 15.0 Å². The number of likely N-dealkylation sites (N-methyl/N-ethyl adjacent to an activating group) is 1. The van der Waals surface area contributed by atoms with Crippen LogP contribution in [0.15, 0.2) is 29.5 Å². The summed E-state index contributed by atoms with van der Waals surface area (Å²) < 4.78 is 5.33. The van der Waals surface area contributed by atoms with Gasteiger partial charge in [0.1, 0.15) is 0 Å². The summed E-state index contributed by atoms with van der Waals surface area (Å²) in [5.74, 6) is -0.456. The van der Waals surface area contributed by atoms with Gasteiger partial charge in [-0.25, -0.2) is 9.59 Å². The van der Waals surface area contributed by atoms with E-state index in [9.17, 15) is 14.4 Å². The number of ether oxygens (including phenoxy) is 1. The number of hydrogen-bond donors (Lipinski definition) is 1. The van der Waals surface area contributed by atoms with E-state index in [2.05, 4.69) is 10.2 Å². The van der Waals surface area contributed by atoms with Crippen molar-refractivity contribution in [2.75, 3.05) is 46.4 Å². The zero-order valence-corrected chi connectivity index (χ0v) is 19.3. The van der Waals surface area contributed by atoms with Crippen molar-refractivity contribution in [1.82, 2.24) is 20.0 Å². The van der Waals surface area contributed by atoms with Gasteiger partial charge in [-0.1, -0.05) is 29.3 Å². The molecule has 31 heavy (non-hydrogen) atoms. The average Bonchev–Trinajstić information content (AvgIpc) is 2.73. The van der Waals surface area contributed by atoms with E-state index in [0.717, 1.165) is 0 Å². The molecule has 8 nitrogen and oxygen atoms in total. The molecule has 1 aromatic rings. The molecule has 10 heteroatoms. The van der Waals surface area contributed by atoms with Crippen LogP contribution < -0.4 is 5.32 Å². The van der Waals surface area contributed by atoms with E-state index in [1.807, 2.05) is 0 Å². The lowest BCUT2D eigenvalue weighted by Crippen LogP contribution is -2.52. The summed E-state index contributed by atoms with van der Waals surface area (Å²) in [5.41, 5.74) is 1.56. The van der Waals surface area contributed by atoms with Gasteiger partial charge in [0.25, 0.3) is 0 Å². The van der Waals surface area contributed by atoms with Crippen LogP contribution in [0.1, 0.15) is 25.5 Å². The predicted octanol–water partition coefficient (Wildman–Crippen LogP) is 2.67. The van der Waals surface area contributed by atoms with Gasteiger partial charge in [-0.2, -0.15) is 0 Å². The standard InChI is InChI=1S/C21H26Cl2N4O4/c1-4-31-20(29)18-17(12-26-7-9-27(10-8-26)13(2)28)25(3)21(30)24-19(18)14-5-6-15(22)16(23)11-14/h5-6,11,19H,4,7-10,12H2,1-3H3,(H,24,30). The molecule has 0 saturated carbocycles. The fourth-order valence-electron chi connectivity index (χ4n) is 3.77. The molecule has 1 saturated heterocycles. The molecule has 1 aromatic carbocycles. The third-order valence-electron chi connectivity index (χ3n) is 5.54. The van der Waals surface area contributed by atoms with Crippen LogP contribution in [0.2, 0.25) is 10.0 Å². The zero-order valence-electron chi connectivity index (χ0n) is 17.8. The van der Waals surface area contributed by atoms with Gasteiger partial charge in [-0.15, -0.1) is 0 Å². The van der Waals surface area contributed by atoms with Crippen LogP contribution >= 0.6 is 23.2 Å². The zero-order chi connectivity index (χ0) is 22.7. The number of nitrogens with one attached hydrogen (secondary N) is 1. The van der Waals surface area contributed by atoms with Crippen molar-refractivity contribution in [2.45, 2.75) is 19.9 Å². The molecule has 3 rings (SSSR count). The molecule has 0 radical (unpaired) electrons. The summed E-state index contributed by atoms with van der Waals surface area (Å²) in [6.07, 6.45) is 0. The number of halogens is 2. The third kappa shape index (κ3) is 5.14. The molecule has 1 fully saturated rings. The van der Waals surface area contributed by atoms with Crippen LogP contribution in [0.3, 0.4) is 0 Å². The Kier molecular flexibility index (Phi) is 7.46. The molecule has 0 aliphatic carbocycles. The number of benzene rings is 1. The normalized spacial score (nSPS) is 20.0. The first-order chi connectivity index (χ1) is 14.7. The molecule has 1 N–H and O–H groups in total. The smallest absolute Gasteiger partial charge is 0.338 e. The number of hydrogen-bond acceptors (Lipinski definition) is 5. The Morgan fingerprint density at radius 1 is 1.16 bits per heavy atom. The Morgan fingerprint density at radius 2 is 1.84 bits per heavy atom. The van der Waals surface area contributed by atoms with Gasteiger partial charge in [0.15, 0.2) is 0 Å². The Hall–Kier alpha value is -2.29. The number of nitrogens with zero attached hydrogens (tertiary/aromatic N) is 3. The maximum atomic E-state index is 13.0. The summed E-state index contributed by atoms with van der Waals surface area (Å²) in [5, 5.41) is 3.58. The molecule has 0 spiro atoms. The fraction of sp³-hybridized carbons (Fsp3) is 0.476. The quantitative estimate of drug-likeness (QED) is 0.671. The minimum atomic E-state index is -0.717. The summed E-state index contributed by atoms with van der Waals surface area (Å²) in [6, 6.07) is 3.95. The number of piperazine rings is 1. The molecule has 2 aliphatic heterocycles. The number of esters is 1. The number of amides is 3. The molecular weight excluding hydrogens is 443 g/mol. The number of urea groups is 1. The largest absolute Gasteiger partial charge is 0.463 e. The van der Waals surface area contributed by atoms with Crippen LogP contribution in [0.25, 0.3) is 0 Å². The van der Waals surface area contributed by atoms with Crippen LogP contribution in [-0.4, -0.2) is 79.0 Å². The van der Waals surface area contributed by atoms with Crippen molar-refractivity contribution in [3.63, 3.8) is 0 Å². The summed E-state index contributed by atoms with van der Waals surface area (Å²) in [4.78, 5) is 42.7. The van der Waals surface area contributed by atoms with Gasteiger partial charge in [0, 0.05) is 52.4 Å². The molecule has 2 heterocycles. The van der Waals surface area contributed by atoms with Crippen LogP contribution in [0.4, 0.5) is 4.79 Å². The second-order valence-corrected chi connectivity index (χ2v) is 8.29. The topological polar surface area (TPSA) is 82.2 Å². The maximum Gasteiger partial charge on any atom is 0.338 e. The molecule has 0 bridgehead atoms. The highest BCUT2D eigenvalue weighted by Gasteiger charge is 2.37. The van der Waals surface area contributed by atoms with Gasteiger partial charge in [0.05, 0.1) is 28.3 Å². The van der Waals surface area contributed by atoms with Crippen molar-refractivity contribution >= 4 is 41.1 Å². The van der Waals surface area contributed by atoms with E-state index >= 15 is 0 Å². The minimum absolute atomic E-state index is 0.0416. The fourth-order valence-corrected chi connectivity index (χ4v) is 4.08. The summed E-state index contributed by atoms with van der Waals surface area (Å²) in [7, 11) is 1.63. The SMILES string of the molecule is CCOC(=O)C1=C(CN2CCN(C(C)=O)CC2)N(C)C(=O)NC1c1ccc(Cl)c(Cl)c1. The van der Waals surface area contributed by atoms with E-state index in [0.29, 0.717) is 59.6 Å². The van der Waals surface area contributed by atoms with Crippen LogP contribution in [-0.2, 0) is 14.3 Å². The van der Waals surface area contributed by atoms with Crippen molar-refractivity contribution in [2.24, 2.45) is 0 Å². The van der Waals surface area contributed by atoms with Crippen LogP contribution in [0.5, 0.6) is 0 Å². The first-order valence-corrected chi connectivity index (χ1v) is 10.9. The summed E-state index contributed by atoms with van der Waals surface area (Å²) in [6.45, 7) is 6.36. The number of carbonyl (C=O) groups excluding carboxylic acids is 3. The van der Waals surface area contributed by atoms with Gasteiger partial charge >= 0.3 is 12.0 Å². The molecule has 0 aromatic heterocycles. The molecular formula is C21H26Cl2N4O4. The van der Waals surface area contributed by atoms with E-state index in [1.165, 1.54) is 4.90 Å². The molecule has 1 atom stereocenters. The molecule has 1 unspecified atom stereocenters. The van der Waals surface area contributed by atoms with Crippen LogP contribution in [0, 0.1) is 0 Å². The maximum absolute atomic E-state index is 13.0. The van der Waals surface area contributed by atoms with Crippen molar-refractivity contribution in [3.05, 3.63) is 45.1 Å². The molecule has 3 amide bonds. The second-order valence-electron chi connectivity index (χ2n) is 7.48. The number of rotatable bonds is 5. The van der Waals surface area contributed by atoms with E-state index in [-0.39, 0.29) is 18.5 Å². The van der Waals surface area contributed by atoms with Gasteiger partial charge in [0.2, 0.25) is 5.91 Å². The first kappa shape index (κ1) is 23.4. The van der Waals surface area contributed by atoms with Crippen molar-refractivity contribution in [3.8, 4) is 0 Å². The molecule has 168 valence electrons. The first-order valence-electron chi connectivity index (χ1n) is 10.1. The lowest BCUT2D eigenvalue weighted by atomic mass is 9.94. The van der Waals surface area contributed by atoms with Crippen molar-refractivity contribution in [1.29, 1.82) is 0 Å². The lowest BCUT2D eigenvalue weighted by Gasteiger charge is -2.39. The average molecular weight is 469 g/mol. The Labute approximate surface area is 191 Å². The highest BCUT2D eigenvalue weighted by Crippen LogP contribution is 2.34. The van der Waals surface area contributed by atoms with E-state index in [1.54, 1.807) is 44.0 Å². The van der Waals surface area contributed by atoms with Gasteiger partial charge in [-0.3, -0.25) is 14.6 Å². The second kappa shape index (κ2) is 9.89. The van der Waals surface area contributed by atoms with Crippen molar-refractivity contribution < 1.29 is 19.1 Å². The lowest BCUT2D eigenvalue weighted by molar-refractivity contribution is -0.139. The number of carbonyl (C=O) groups is 3. The van der Waals surface area contributed by atoms with E-state index in [4.69, 9.17) is 27.9 Å². The van der Waals surface area contributed by atoms with Gasteiger partial charge in [-0.05, 0) is 24.6 Å². The minimum Gasteiger partial charge on any atom is -0.463 e. The highest BCUT2D eigenvalue weighted by molar-refractivity contribution is 6.42. The van der Waals surface area contributed by atoms with E-state index < -0.39 is 12.0 Å². The highest BCUT2D eigenvalue weighted by atomic mass is 35.5. The predicted molar refractivity (Wildman–Crippen MR) is 118 cm³/mol. The Balaban J connectivity index is 1.98. The monoisotopic (exact) mass is 468 g/mol.